The molecule has 0 saturated carbocycles. The molecule has 0 atom stereocenters. The number of fused-ring (bicyclic) bond motifs is 1. The van der Waals surface area contributed by atoms with Crippen LogP contribution in [0.4, 0.5) is 4.39 Å². The minimum absolute atomic E-state index is 0. The Labute approximate surface area is 193 Å². The smallest absolute Gasteiger partial charge is 0.193 e. The zero-order valence-corrected chi connectivity index (χ0v) is 20.0. The van der Waals surface area contributed by atoms with E-state index in [1.54, 1.807) is 33.4 Å². The highest BCUT2D eigenvalue weighted by atomic mass is 127. The lowest BCUT2D eigenvalue weighted by atomic mass is 10.1. The molecule has 162 valence electrons. The third-order valence-electron chi connectivity index (χ3n) is 4.88. The Morgan fingerprint density at radius 2 is 1.93 bits per heavy atom. The molecular weight excluding hydrogens is 498 g/mol. The van der Waals surface area contributed by atoms with E-state index in [0.29, 0.717) is 13.1 Å². The number of ether oxygens (including phenoxy) is 2. The van der Waals surface area contributed by atoms with Gasteiger partial charge in [0.15, 0.2) is 5.96 Å². The number of guanidine groups is 1. The van der Waals surface area contributed by atoms with Gasteiger partial charge in [0, 0.05) is 55.9 Å². The number of H-pyrrole nitrogens is 1. The van der Waals surface area contributed by atoms with Crippen molar-refractivity contribution in [3.63, 3.8) is 0 Å². The number of hydrogen-bond acceptors (Lipinski definition) is 3. The van der Waals surface area contributed by atoms with Crippen LogP contribution in [0.2, 0.25) is 0 Å². The van der Waals surface area contributed by atoms with Crippen molar-refractivity contribution in [1.82, 2.24) is 15.2 Å². The van der Waals surface area contributed by atoms with E-state index in [4.69, 9.17) is 9.47 Å². The molecule has 2 N–H and O–H groups in total. The first-order chi connectivity index (χ1) is 14.0. The Morgan fingerprint density at radius 3 is 2.63 bits per heavy atom. The highest BCUT2D eigenvalue weighted by molar-refractivity contribution is 14.0. The first-order valence-corrected chi connectivity index (χ1v) is 9.44. The van der Waals surface area contributed by atoms with Crippen molar-refractivity contribution >= 4 is 40.8 Å². The predicted octanol–water partition coefficient (Wildman–Crippen LogP) is 4.19. The molecule has 8 heteroatoms. The van der Waals surface area contributed by atoms with Gasteiger partial charge in [0.2, 0.25) is 0 Å². The van der Waals surface area contributed by atoms with Gasteiger partial charge in [-0.05, 0) is 42.3 Å². The first kappa shape index (κ1) is 23.8. The van der Waals surface area contributed by atoms with Gasteiger partial charge in [0.1, 0.15) is 17.3 Å². The van der Waals surface area contributed by atoms with Crippen LogP contribution in [0, 0.1) is 5.82 Å². The summed E-state index contributed by atoms with van der Waals surface area (Å²) in [5.74, 6) is 2.07. The maximum Gasteiger partial charge on any atom is 0.193 e. The molecule has 0 unspecified atom stereocenters. The average molecular weight is 526 g/mol. The maximum atomic E-state index is 13.5. The number of nitrogens with one attached hydrogen (secondary N) is 2. The second-order valence-corrected chi connectivity index (χ2v) is 6.76. The van der Waals surface area contributed by atoms with Gasteiger partial charge in [-0.2, -0.15) is 0 Å². The molecule has 0 saturated heterocycles. The summed E-state index contributed by atoms with van der Waals surface area (Å²) < 4.78 is 24.3. The molecule has 0 bridgehead atoms. The Morgan fingerprint density at radius 1 is 1.13 bits per heavy atom. The molecule has 0 amide bonds. The summed E-state index contributed by atoms with van der Waals surface area (Å²) in [6, 6.07) is 10.6. The molecule has 1 aromatic heterocycles. The molecule has 3 rings (SSSR count). The molecule has 3 aromatic rings. The highest BCUT2D eigenvalue weighted by Crippen LogP contribution is 2.25. The van der Waals surface area contributed by atoms with Crippen molar-refractivity contribution in [1.29, 1.82) is 0 Å². The van der Waals surface area contributed by atoms with Crippen molar-refractivity contribution in [3.8, 4) is 11.5 Å². The Kier molecular flexibility index (Phi) is 8.76. The zero-order valence-electron chi connectivity index (χ0n) is 17.7. The highest BCUT2D eigenvalue weighted by Gasteiger charge is 2.12. The lowest BCUT2D eigenvalue weighted by molar-refractivity contribution is 0.382. The minimum Gasteiger partial charge on any atom is -0.497 e. The van der Waals surface area contributed by atoms with E-state index in [9.17, 15) is 4.39 Å². The summed E-state index contributed by atoms with van der Waals surface area (Å²) >= 11 is 0. The summed E-state index contributed by atoms with van der Waals surface area (Å²) in [6.45, 7) is 1.31. The molecule has 0 aliphatic rings. The maximum absolute atomic E-state index is 13.5. The molecule has 0 radical (unpaired) electrons. The van der Waals surface area contributed by atoms with E-state index in [1.807, 2.05) is 36.3 Å². The van der Waals surface area contributed by atoms with Crippen LogP contribution in [0.3, 0.4) is 0 Å². The second kappa shape index (κ2) is 11.1. The zero-order chi connectivity index (χ0) is 20.8. The normalized spacial score (nSPS) is 11.2. The van der Waals surface area contributed by atoms with Crippen molar-refractivity contribution in [2.75, 3.05) is 34.9 Å². The quantitative estimate of drug-likeness (QED) is 0.276. The number of aromatic amines is 1. The summed E-state index contributed by atoms with van der Waals surface area (Å²) in [5, 5.41) is 4.28. The molecular formula is C22H28FIN4O2. The summed E-state index contributed by atoms with van der Waals surface area (Å²) in [4.78, 5) is 9.58. The van der Waals surface area contributed by atoms with E-state index in [2.05, 4.69) is 15.3 Å². The number of rotatable bonds is 7. The van der Waals surface area contributed by atoms with Crippen LogP contribution in [-0.2, 0) is 13.0 Å². The number of aliphatic imine (C=N–C) groups is 1. The van der Waals surface area contributed by atoms with E-state index in [1.165, 1.54) is 6.07 Å². The van der Waals surface area contributed by atoms with Crippen LogP contribution in [0.25, 0.3) is 10.9 Å². The van der Waals surface area contributed by atoms with Crippen molar-refractivity contribution in [2.24, 2.45) is 4.99 Å². The van der Waals surface area contributed by atoms with Gasteiger partial charge in [0.05, 0.1) is 14.2 Å². The molecule has 0 fully saturated rings. The largest absolute Gasteiger partial charge is 0.497 e. The van der Waals surface area contributed by atoms with Crippen LogP contribution < -0.4 is 14.8 Å². The number of hydrogen-bond donors (Lipinski definition) is 2. The van der Waals surface area contributed by atoms with Crippen LogP contribution in [0.15, 0.2) is 47.6 Å². The van der Waals surface area contributed by atoms with Gasteiger partial charge in [-0.1, -0.05) is 0 Å². The van der Waals surface area contributed by atoms with Gasteiger partial charge in [-0.15, -0.1) is 24.0 Å². The summed E-state index contributed by atoms with van der Waals surface area (Å²) in [5.41, 5.74) is 3.04. The van der Waals surface area contributed by atoms with Crippen LogP contribution in [0.5, 0.6) is 11.5 Å². The standard InChI is InChI=1S/C22H27FN4O2.HI/c1-24-22(27(2)14-16-5-7-18(28-3)12-21(16)29-4)25-10-9-15-13-26-20-8-6-17(23)11-19(15)20;/h5-8,11-13,26H,9-10,14H2,1-4H3,(H,24,25);1H. The molecule has 2 aromatic carbocycles. The number of nitrogens with zero attached hydrogens (tertiary/aromatic N) is 2. The SMILES string of the molecule is CN=C(NCCc1c[nH]c2ccc(F)cc12)N(C)Cc1ccc(OC)cc1OC.I. The fourth-order valence-electron chi connectivity index (χ4n) is 3.36. The molecule has 0 spiro atoms. The molecule has 0 aliphatic carbocycles. The number of halogens is 2. The van der Waals surface area contributed by atoms with Crippen molar-refractivity contribution < 1.29 is 13.9 Å². The minimum atomic E-state index is -0.227. The van der Waals surface area contributed by atoms with Crippen molar-refractivity contribution in [3.05, 3.63) is 59.5 Å². The molecule has 0 aliphatic heterocycles. The number of benzene rings is 2. The monoisotopic (exact) mass is 526 g/mol. The Hall–Kier alpha value is -2.49. The fourth-order valence-corrected chi connectivity index (χ4v) is 3.36. The number of aromatic nitrogens is 1. The van der Waals surface area contributed by atoms with Crippen LogP contribution >= 0.6 is 24.0 Å². The Bertz CT molecular complexity index is 1010. The van der Waals surface area contributed by atoms with Gasteiger partial charge in [0.25, 0.3) is 0 Å². The lowest BCUT2D eigenvalue weighted by Gasteiger charge is -2.23. The van der Waals surface area contributed by atoms with Gasteiger partial charge < -0.3 is 24.7 Å². The van der Waals surface area contributed by atoms with Gasteiger partial charge in [-0.25, -0.2) is 4.39 Å². The van der Waals surface area contributed by atoms with Crippen LogP contribution in [-0.4, -0.2) is 50.7 Å². The van der Waals surface area contributed by atoms with E-state index < -0.39 is 0 Å². The second-order valence-electron chi connectivity index (χ2n) is 6.76. The molecule has 1 heterocycles. The van der Waals surface area contributed by atoms with Crippen molar-refractivity contribution in [2.45, 2.75) is 13.0 Å². The van der Waals surface area contributed by atoms with Crippen LogP contribution in [0.1, 0.15) is 11.1 Å². The molecule has 30 heavy (non-hydrogen) atoms. The summed E-state index contributed by atoms with van der Waals surface area (Å²) in [7, 11) is 7.01. The van der Waals surface area contributed by atoms with Gasteiger partial charge >= 0.3 is 0 Å². The van der Waals surface area contributed by atoms with Gasteiger partial charge in [-0.3, -0.25) is 4.99 Å². The summed E-state index contributed by atoms with van der Waals surface area (Å²) in [6.07, 6.45) is 2.68. The fraction of sp³-hybridized carbons (Fsp3) is 0.318. The topological polar surface area (TPSA) is 61.9 Å². The Balaban J connectivity index is 0.00000320. The predicted molar refractivity (Wildman–Crippen MR) is 130 cm³/mol. The third kappa shape index (κ3) is 5.56. The first-order valence-electron chi connectivity index (χ1n) is 9.44. The van der Waals surface area contributed by atoms with E-state index in [0.717, 1.165) is 45.9 Å². The molecule has 6 nitrogen and oxygen atoms in total. The van der Waals surface area contributed by atoms with E-state index in [-0.39, 0.29) is 29.8 Å². The lowest BCUT2D eigenvalue weighted by Crippen LogP contribution is -2.39. The number of methoxy groups -OCH3 is 2. The average Bonchev–Trinajstić information content (AvgIpc) is 3.13. The third-order valence-corrected chi connectivity index (χ3v) is 4.88. The van der Waals surface area contributed by atoms with E-state index >= 15 is 0 Å².